The first-order valence-corrected chi connectivity index (χ1v) is 8.62. The Bertz CT molecular complexity index is 892. The van der Waals surface area contributed by atoms with Gasteiger partial charge in [-0.15, -0.1) is 0 Å². The first-order valence-electron chi connectivity index (χ1n) is 7.45. The lowest BCUT2D eigenvalue weighted by molar-refractivity contribution is -0.122. The molecule has 0 aliphatic rings. The van der Waals surface area contributed by atoms with E-state index in [1.807, 2.05) is 42.5 Å². The van der Waals surface area contributed by atoms with Crippen molar-refractivity contribution in [2.75, 3.05) is 5.32 Å². The third-order valence-corrected chi connectivity index (χ3v) is 4.47. The van der Waals surface area contributed by atoms with Gasteiger partial charge in [0.15, 0.2) is 6.10 Å². The second kappa shape index (κ2) is 7.24. The predicted octanol–water partition coefficient (Wildman–Crippen LogP) is 5.66. The Hall–Kier alpha value is -2.04. The number of benzene rings is 3. The van der Waals surface area contributed by atoms with E-state index in [0.717, 1.165) is 16.5 Å². The van der Waals surface area contributed by atoms with E-state index >= 15 is 0 Å². The smallest absolute Gasteiger partial charge is 0.265 e. The van der Waals surface area contributed by atoms with Crippen LogP contribution in [0.1, 0.15) is 6.92 Å². The summed E-state index contributed by atoms with van der Waals surface area (Å²) >= 11 is 9.30. The molecule has 5 heteroatoms. The van der Waals surface area contributed by atoms with Crippen LogP contribution in [0.5, 0.6) is 5.75 Å². The molecule has 0 fully saturated rings. The van der Waals surface area contributed by atoms with E-state index in [2.05, 4.69) is 21.2 Å². The van der Waals surface area contributed by atoms with Crippen molar-refractivity contribution in [3.63, 3.8) is 0 Å². The molecule has 1 unspecified atom stereocenters. The minimum atomic E-state index is -0.651. The summed E-state index contributed by atoms with van der Waals surface area (Å²) in [4.78, 5) is 12.5. The number of carbonyl (C=O) groups is 1. The summed E-state index contributed by atoms with van der Waals surface area (Å²) in [5, 5.41) is 5.60. The Morgan fingerprint density at radius 1 is 1.12 bits per heavy atom. The second-order valence-electron chi connectivity index (χ2n) is 5.35. The Morgan fingerprint density at radius 2 is 1.88 bits per heavy atom. The number of hydrogen-bond donors (Lipinski definition) is 1. The SMILES string of the molecule is CC(Oc1ccc(Cl)cc1Br)C(=O)Nc1cccc2ccccc12. The average molecular weight is 405 g/mol. The molecular weight excluding hydrogens is 390 g/mol. The maximum atomic E-state index is 12.5. The van der Waals surface area contributed by atoms with Crippen molar-refractivity contribution in [1.82, 2.24) is 0 Å². The molecule has 3 aromatic rings. The van der Waals surface area contributed by atoms with Crippen LogP contribution in [0.25, 0.3) is 10.8 Å². The highest BCUT2D eigenvalue weighted by molar-refractivity contribution is 9.10. The predicted molar refractivity (Wildman–Crippen MR) is 102 cm³/mol. The summed E-state index contributed by atoms with van der Waals surface area (Å²) in [7, 11) is 0. The Morgan fingerprint density at radius 3 is 2.67 bits per heavy atom. The second-order valence-corrected chi connectivity index (χ2v) is 6.64. The van der Waals surface area contributed by atoms with Crippen molar-refractivity contribution >= 4 is 49.9 Å². The number of ether oxygens (including phenoxy) is 1. The van der Waals surface area contributed by atoms with Gasteiger partial charge in [0.25, 0.3) is 5.91 Å². The Labute approximate surface area is 153 Å². The maximum absolute atomic E-state index is 12.5. The van der Waals surface area contributed by atoms with Crippen molar-refractivity contribution in [3.05, 3.63) is 70.2 Å². The first kappa shape index (κ1) is 16.8. The van der Waals surface area contributed by atoms with E-state index in [1.54, 1.807) is 25.1 Å². The van der Waals surface area contributed by atoms with E-state index in [4.69, 9.17) is 16.3 Å². The number of rotatable bonds is 4. The van der Waals surface area contributed by atoms with Gasteiger partial charge in [-0.1, -0.05) is 48.0 Å². The van der Waals surface area contributed by atoms with E-state index in [9.17, 15) is 4.79 Å². The van der Waals surface area contributed by atoms with Crippen molar-refractivity contribution in [2.24, 2.45) is 0 Å². The molecule has 0 bridgehead atoms. The third kappa shape index (κ3) is 3.71. The molecule has 122 valence electrons. The van der Waals surface area contributed by atoms with Crippen molar-refractivity contribution < 1.29 is 9.53 Å². The highest BCUT2D eigenvalue weighted by Crippen LogP contribution is 2.29. The number of carbonyl (C=O) groups excluding carboxylic acids is 1. The standard InChI is InChI=1S/C19H15BrClNO2/c1-12(24-18-10-9-14(21)11-16(18)20)19(23)22-17-8-4-6-13-5-2-3-7-15(13)17/h2-12H,1H3,(H,22,23). The molecule has 3 rings (SSSR count). The van der Waals surface area contributed by atoms with Gasteiger partial charge in [0.05, 0.1) is 4.47 Å². The fourth-order valence-electron chi connectivity index (χ4n) is 2.38. The molecule has 1 N–H and O–H groups in total. The van der Waals surface area contributed by atoms with Crippen LogP contribution in [0.4, 0.5) is 5.69 Å². The van der Waals surface area contributed by atoms with Crippen molar-refractivity contribution in [3.8, 4) is 5.75 Å². The highest BCUT2D eigenvalue weighted by atomic mass is 79.9. The van der Waals surface area contributed by atoms with Crippen LogP contribution in [0.3, 0.4) is 0 Å². The van der Waals surface area contributed by atoms with E-state index in [-0.39, 0.29) is 5.91 Å². The fourth-order valence-corrected chi connectivity index (χ4v) is 3.16. The van der Waals surface area contributed by atoms with Crippen LogP contribution < -0.4 is 10.1 Å². The summed E-state index contributed by atoms with van der Waals surface area (Å²) in [6.45, 7) is 1.71. The molecule has 0 aliphatic heterocycles. The van der Waals surface area contributed by atoms with Crippen LogP contribution in [0, 0.1) is 0 Å². The molecule has 0 heterocycles. The van der Waals surface area contributed by atoms with Gasteiger partial charge in [-0.2, -0.15) is 0 Å². The summed E-state index contributed by atoms with van der Waals surface area (Å²) < 4.78 is 6.44. The summed E-state index contributed by atoms with van der Waals surface area (Å²) in [6.07, 6.45) is -0.651. The largest absolute Gasteiger partial charge is 0.480 e. The van der Waals surface area contributed by atoms with Gasteiger partial charge in [0, 0.05) is 16.1 Å². The number of nitrogens with one attached hydrogen (secondary N) is 1. The fraction of sp³-hybridized carbons (Fsp3) is 0.105. The lowest BCUT2D eigenvalue weighted by Gasteiger charge is -2.16. The van der Waals surface area contributed by atoms with Crippen LogP contribution >= 0.6 is 27.5 Å². The molecule has 1 amide bonds. The molecule has 3 nitrogen and oxygen atoms in total. The van der Waals surface area contributed by atoms with E-state index in [0.29, 0.717) is 15.2 Å². The number of fused-ring (bicyclic) bond motifs is 1. The van der Waals surface area contributed by atoms with Gasteiger partial charge in [-0.3, -0.25) is 4.79 Å². The summed E-state index contributed by atoms with van der Waals surface area (Å²) in [5.74, 6) is 0.355. The third-order valence-electron chi connectivity index (χ3n) is 3.61. The van der Waals surface area contributed by atoms with Gasteiger partial charge in [-0.05, 0) is 52.5 Å². The summed E-state index contributed by atoms with van der Waals surface area (Å²) in [6, 6.07) is 18.9. The minimum absolute atomic E-state index is 0.215. The van der Waals surface area contributed by atoms with Gasteiger partial charge in [0.2, 0.25) is 0 Å². The quantitative estimate of drug-likeness (QED) is 0.609. The molecule has 0 saturated carbocycles. The summed E-state index contributed by atoms with van der Waals surface area (Å²) in [5.41, 5.74) is 0.767. The lowest BCUT2D eigenvalue weighted by atomic mass is 10.1. The highest BCUT2D eigenvalue weighted by Gasteiger charge is 2.17. The minimum Gasteiger partial charge on any atom is -0.480 e. The monoisotopic (exact) mass is 403 g/mol. The van der Waals surface area contributed by atoms with Crippen LogP contribution in [-0.2, 0) is 4.79 Å². The van der Waals surface area contributed by atoms with Crippen LogP contribution in [0.2, 0.25) is 5.02 Å². The number of halogens is 2. The molecule has 0 aromatic heterocycles. The average Bonchev–Trinajstić information content (AvgIpc) is 2.57. The molecule has 0 spiro atoms. The zero-order valence-corrected chi connectivity index (χ0v) is 15.3. The van der Waals surface area contributed by atoms with Gasteiger partial charge in [-0.25, -0.2) is 0 Å². The van der Waals surface area contributed by atoms with Crippen molar-refractivity contribution in [2.45, 2.75) is 13.0 Å². The lowest BCUT2D eigenvalue weighted by Crippen LogP contribution is -2.30. The Balaban J connectivity index is 1.76. The zero-order chi connectivity index (χ0) is 17.1. The molecular formula is C19H15BrClNO2. The molecule has 0 aliphatic carbocycles. The van der Waals surface area contributed by atoms with E-state index in [1.165, 1.54) is 0 Å². The Kier molecular flexibility index (Phi) is 5.07. The van der Waals surface area contributed by atoms with Gasteiger partial charge >= 0.3 is 0 Å². The molecule has 0 saturated heterocycles. The van der Waals surface area contributed by atoms with E-state index < -0.39 is 6.10 Å². The maximum Gasteiger partial charge on any atom is 0.265 e. The number of hydrogen-bond acceptors (Lipinski definition) is 2. The molecule has 24 heavy (non-hydrogen) atoms. The van der Waals surface area contributed by atoms with Crippen LogP contribution in [-0.4, -0.2) is 12.0 Å². The van der Waals surface area contributed by atoms with Gasteiger partial charge in [0.1, 0.15) is 5.75 Å². The molecule has 0 radical (unpaired) electrons. The zero-order valence-electron chi connectivity index (χ0n) is 12.9. The number of amides is 1. The normalized spacial score (nSPS) is 12.0. The molecule has 1 atom stereocenters. The molecule has 3 aromatic carbocycles. The van der Waals surface area contributed by atoms with Crippen LogP contribution in [0.15, 0.2) is 65.1 Å². The number of anilines is 1. The first-order chi connectivity index (χ1) is 11.5. The van der Waals surface area contributed by atoms with Gasteiger partial charge < -0.3 is 10.1 Å². The van der Waals surface area contributed by atoms with Crippen molar-refractivity contribution in [1.29, 1.82) is 0 Å². The topological polar surface area (TPSA) is 38.3 Å².